The minimum Gasteiger partial charge on any atom is -0.326 e. The van der Waals surface area contributed by atoms with Gasteiger partial charge in [0.05, 0.1) is 4.90 Å². The summed E-state index contributed by atoms with van der Waals surface area (Å²) in [5.41, 5.74) is 0.642. The van der Waals surface area contributed by atoms with Crippen LogP contribution in [-0.2, 0) is 14.8 Å². The standard InChI is InChI=1S/C20H28N2O3S/c1-22(18-10-6-3-7-11-18)26(24,25)19-14-12-17(13-15-19)21-20(23)16-8-4-2-5-9-16/h2,4,12-16,18H,3,5-11H2,1H3,(H,21,23). The summed E-state index contributed by atoms with van der Waals surface area (Å²) in [6.07, 6.45) is 11.9. The molecule has 1 aromatic carbocycles. The molecular weight excluding hydrogens is 348 g/mol. The summed E-state index contributed by atoms with van der Waals surface area (Å²) in [4.78, 5) is 12.6. The van der Waals surface area contributed by atoms with Crippen LogP contribution in [0.25, 0.3) is 0 Å². The number of benzene rings is 1. The largest absolute Gasteiger partial charge is 0.326 e. The molecule has 1 saturated carbocycles. The SMILES string of the molecule is CN(C1CCCCC1)S(=O)(=O)c1ccc(NC(=O)C2CC=CCC2)cc1. The van der Waals surface area contributed by atoms with Crippen molar-refractivity contribution in [1.29, 1.82) is 0 Å². The Morgan fingerprint density at radius 2 is 1.73 bits per heavy atom. The molecule has 2 aliphatic carbocycles. The van der Waals surface area contributed by atoms with Crippen LogP contribution in [0.3, 0.4) is 0 Å². The Morgan fingerprint density at radius 3 is 2.35 bits per heavy atom. The van der Waals surface area contributed by atoms with Crippen LogP contribution in [0.5, 0.6) is 0 Å². The first kappa shape index (κ1) is 19.1. The zero-order chi connectivity index (χ0) is 18.6. The highest BCUT2D eigenvalue weighted by Gasteiger charge is 2.29. The zero-order valence-electron chi connectivity index (χ0n) is 15.4. The fourth-order valence-corrected chi connectivity index (χ4v) is 5.21. The van der Waals surface area contributed by atoms with Gasteiger partial charge in [0.15, 0.2) is 0 Å². The Morgan fingerprint density at radius 1 is 1.04 bits per heavy atom. The maximum absolute atomic E-state index is 12.8. The van der Waals surface area contributed by atoms with Gasteiger partial charge in [0.2, 0.25) is 15.9 Å². The van der Waals surface area contributed by atoms with Crippen LogP contribution < -0.4 is 5.32 Å². The van der Waals surface area contributed by atoms with Crippen molar-refractivity contribution in [2.24, 2.45) is 5.92 Å². The molecule has 0 bridgehead atoms. The zero-order valence-corrected chi connectivity index (χ0v) is 16.2. The van der Waals surface area contributed by atoms with Crippen molar-refractivity contribution in [3.63, 3.8) is 0 Å². The third kappa shape index (κ3) is 4.35. The molecule has 0 aromatic heterocycles. The molecule has 0 spiro atoms. The van der Waals surface area contributed by atoms with Crippen molar-refractivity contribution in [2.75, 3.05) is 12.4 Å². The molecule has 1 N–H and O–H groups in total. The third-order valence-electron chi connectivity index (χ3n) is 5.53. The molecular formula is C20H28N2O3S. The van der Waals surface area contributed by atoms with Crippen LogP contribution in [-0.4, -0.2) is 31.7 Å². The lowest BCUT2D eigenvalue weighted by atomic mass is 9.93. The number of hydrogen-bond donors (Lipinski definition) is 1. The number of rotatable bonds is 5. The molecule has 6 heteroatoms. The quantitative estimate of drug-likeness (QED) is 0.792. The highest BCUT2D eigenvalue weighted by molar-refractivity contribution is 7.89. The Labute approximate surface area is 156 Å². The first-order valence-corrected chi connectivity index (χ1v) is 11.0. The van der Waals surface area contributed by atoms with Gasteiger partial charge in [-0.25, -0.2) is 8.42 Å². The van der Waals surface area contributed by atoms with E-state index in [0.29, 0.717) is 5.69 Å². The molecule has 1 unspecified atom stereocenters. The predicted molar refractivity (Wildman–Crippen MR) is 103 cm³/mol. The van der Waals surface area contributed by atoms with E-state index in [1.165, 1.54) is 10.7 Å². The normalized spacial score (nSPS) is 21.7. The Balaban J connectivity index is 1.66. The smallest absolute Gasteiger partial charge is 0.243 e. The van der Waals surface area contributed by atoms with E-state index in [0.717, 1.165) is 44.9 Å². The Hall–Kier alpha value is -1.66. The number of sulfonamides is 1. The van der Waals surface area contributed by atoms with Crippen LogP contribution in [0.4, 0.5) is 5.69 Å². The molecule has 0 saturated heterocycles. The van der Waals surface area contributed by atoms with Crippen molar-refractivity contribution < 1.29 is 13.2 Å². The molecule has 0 heterocycles. The lowest BCUT2D eigenvalue weighted by Crippen LogP contribution is -2.38. The third-order valence-corrected chi connectivity index (χ3v) is 7.45. The van der Waals surface area contributed by atoms with Gasteiger partial charge in [0, 0.05) is 24.7 Å². The van der Waals surface area contributed by atoms with Crippen molar-refractivity contribution in [2.45, 2.75) is 62.3 Å². The van der Waals surface area contributed by atoms with Gasteiger partial charge in [-0.1, -0.05) is 31.4 Å². The maximum Gasteiger partial charge on any atom is 0.243 e. The molecule has 1 atom stereocenters. The van der Waals surface area contributed by atoms with E-state index in [-0.39, 0.29) is 22.8 Å². The highest BCUT2D eigenvalue weighted by atomic mass is 32.2. The van der Waals surface area contributed by atoms with Gasteiger partial charge in [-0.2, -0.15) is 4.31 Å². The first-order chi connectivity index (χ1) is 12.5. The van der Waals surface area contributed by atoms with E-state index in [1.807, 2.05) is 6.08 Å². The number of anilines is 1. The number of amides is 1. The molecule has 1 amide bonds. The summed E-state index contributed by atoms with van der Waals surface area (Å²) in [6.45, 7) is 0. The molecule has 142 valence electrons. The van der Waals surface area contributed by atoms with Gasteiger partial charge in [-0.15, -0.1) is 0 Å². The number of allylic oxidation sites excluding steroid dienone is 2. The molecule has 0 aliphatic heterocycles. The fraction of sp³-hybridized carbons (Fsp3) is 0.550. The van der Waals surface area contributed by atoms with Crippen LogP contribution >= 0.6 is 0 Å². The summed E-state index contributed by atoms with van der Waals surface area (Å²) in [5.74, 6) is 0.00475. The Kier molecular flexibility index (Phi) is 6.14. The summed E-state index contributed by atoms with van der Waals surface area (Å²) in [6, 6.07) is 6.62. The van der Waals surface area contributed by atoms with E-state index in [2.05, 4.69) is 11.4 Å². The van der Waals surface area contributed by atoms with E-state index in [9.17, 15) is 13.2 Å². The minimum absolute atomic E-state index is 0.000781. The van der Waals surface area contributed by atoms with Gasteiger partial charge < -0.3 is 5.32 Å². The average molecular weight is 377 g/mol. The van der Waals surface area contributed by atoms with Gasteiger partial charge >= 0.3 is 0 Å². The van der Waals surface area contributed by atoms with Gasteiger partial charge in [0.1, 0.15) is 0 Å². The van der Waals surface area contributed by atoms with E-state index >= 15 is 0 Å². The lowest BCUT2D eigenvalue weighted by Gasteiger charge is -2.30. The van der Waals surface area contributed by atoms with Crippen LogP contribution in [0.15, 0.2) is 41.3 Å². The number of nitrogens with zero attached hydrogens (tertiary/aromatic N) is 1. The second-order valence-corrected chi connectivity index (χ2v) is 9.31. The van der Waals surface area contributed by atoms with Crippen molar-refractivity contribution in [3.8, 4) is 0 Å². The first-order valence-electron chi connectivity index (χ1n) is 9.52. The van der Waals surface area contributed by atoms with E-state index in [4.69, 9.17) is 0 Å². The summed E-state index contributed by atoms with van der Waals surface area (Å²) in [7, 11) is -1.81. The molecule has 3 rings (SSSR count). The van der Waals surface area contributed by atoms with Crippen LogP contribution in [0.2, 0.25) is 0 Å². The van der Waals surface area contributed by atoms with Crippen LogP contribution in [0, 0.1) is 5.92 Å². The number of hydrogen-bond acceptors (Lipinski definition) is 3. The second-order valence-electron chi connectivity index (χ2n) is 7.31. The van der Waals surface area contributed by atoms with Gasteiger partial charge in [0.25, 0.3) is 0 Å². The van der Waals surface area contributed by atoms with Crippen LogP contribution in [0.1, 0.15) is 51.4 Å². The summed E-state index contributed by atoms with van der Waals surface area (Å²) in [5, 5.41) is 2.90. The predicted octanol–water partition coefficient (Wildman–Crippen LogP) is 3.93. The maximum atomic E-state index is 12.8. The number of nitrogens with one attached hydrogen (secondary N) is 1. The van der Waals surface area contributed by atoms with Gasteiger partial charge in [-0.3, -0.25) is 4.79 Å². The lowest BCUT2D eigenvalue weighted by molar-refractivity contribution is -0.120. The van der Waals surface area contributed by atoms with Gasteiger partial charge in [-0.05, 0) is 56.4 Å². The molecule has 1 fully saturated rings. The monoisotopic (exact) mass is 376 g/mol. The fourth-order valence-electron chi connectivity index (χ4n) is 3.79. The molecule has 1 aromatic rings. The molecule has 2 aliphatic rings. The second kappa shape index (κ2) is 8.35. The van der Waals surface area contributed by atoms with Crippen molar-refractivity contribution in [1.82, 2.24) is 4.31 Å². The average Bonchev–Trinajstić information content (AvgIpc) is 2.69. The number of carbonyl (C=O) groups excluding carboxylic acids is 1. The summed E-state index contributed by atoms with van der Waals surface area (Å²) >= 11 is 0. The highest BCUT2D eigenvalue weighted by Crippen LogP contribution is 2.27. The molecule has 26 heavy (non-hydrogen) atoms. The minimum atomic E-state index is -3.49. The van der Waals surface area contributed by atoms with Crippen molar-refractivity contribution in [3.05, 3.63) is 36.4 Å². The topological polar surface area (TPSA) is 66.5 Å². The van der Waals surface area contributed by atoms with E-state index < -0.39 is 10.0 Å². The Bertz CT molecular complexity index is 750. The van der Waals surface area contributed by atoms with E-state index in [1.54, 1.807) is 31.3 Å². The summed E-state index contributed by atoms with van der Waals surface area (Å²) < 4.78 is 27.2. The number of carbonyl (C=O) groups is 1. The molecule has 0 radical (unpaired) electrons. The molecule has 5 nitrogen and oxygen atoms in total. The van der Waals surface area contributed by atoms with Crippen molar-refractivity contribution >= 4 is 21.6 Å².